The van der Waals surface area contributed by atoms with Gasteiger partial charge in [-0.2, -0.15) is 0 Å². The molecule has 1 aromatic heterocycles. The van der Waals surface area contributed by atoms with Crippen LogP contribution in [-0.4, -0.2) is 29.2 Å². The largest absolute Gasteiger partial charge is 0.491 e. The van der Waals surface area contributed by atoms with Crippen LogP contribution in [0.3, 0.4) is 0 Å². The van der Waals surface area contributed by atoms with E-state index in [1.54, 1.807) is 0 Å². The molecule has 5 heteroatoms. The number of fused-ring (bicyclic) bond motifs is 1. The molecular formula is C20H22N2O3. The molecule has 3 rings (SSSR count). The number of hydrogen-bond acceptors (Lipinski definition) is 3. The third-order valence-corrected chi connectivity index (χ3v) is 4.16. The standard InChI is InChI=1S/C20H22N2O3/c1-14-5-4-7-17-16(13-22-20(14)17)11-19(24)21-12-15-6-2-3-8-18(15)25-10-9-23/h2-8,13,22-23H,9-12H2,1H3,(H,21,24). The third kappa shape index (κ3) is 4.00. The maximum Gasteiger partial charge on any atom is 0.224 e. The number of aromatic amines is 1. The first kappa shape index (κ1) is 17.0. The summed E-state index contributed by atoms with van der Waals surface area (Å²) in [5.74, 6) is 0.638. The SMILES string of the molecule is Cc1cccc2c(CC(=O)NCc3ccccc3OCCO)c[nH]c12. The number of para-hydroxylation sites is 2. The third-order valence-electron chi connectivity index (χ3n) is 4.16. The molecular weight excluding hydrogens is 316 g/mol. The average Bonchev–Trinajstić information content (AvgIpc) is 3.03. The lowest BCUT2D eigenvalue weighted by Crippen LogP contribution is -2.24. The van der Waals surface area contributed by atoms with Gasteiger partial charge in [-0.15, -0.1) is 0 Å². The molecule has 0 fully saturated rings. The van der Waals surface area contributed by atoms with E-state index in [0.717, 1.165) is 22.0 Å². The van der Waals surface area contributed by atoms with E-state index in [-0.39, 0.29) is 19.1 Å². The van der Waals surface area contributed by atoms with Crippen molar-refractivity contribution in [2.24, 2.45) is 0 Å². The molecule has 0 bridgehead atoms. The number of aryl methyl sites for hydroxylation is 1. The molecule has 0 radical (unpaired) electrons. The Morgan fingerprint density at radius 2 is 2.00 bits per heavy atom. The van der Waals surface area contributed by atoms with Gasteiger partial charge >= 0.3 is 0 Å². The van der Waals surface area contributed by atoms with Crippen LogP contribution in [0.5, 0.6) is 5.75 Å². The summed E-state index contributed by atoms with van der Waals surface area (Å²) in [5, 5.41) is 12.9. The van der Waals surface area contributed by atoms with Gasteiger partial charge in [-0.3, -0.25) is 4.79 Å². The highest BCUT2D eigenvalue weighted by molar-refractivity contribution is 5.90. The minimum atomic E-state index is -0.0423. The zero-order valence-electron chi connectivity index (χ0n) is 14.2. The molecule has 5 nitrogen and oxygen atoms in total. The maximum atomic E-state index is 12.3. The normalized spacial score (nSPS) is 10.8. The lowest BCUT2D eigenvalue weighted by molar-refractivity contribution is -0.120. The Labute approximate surface area is 146 Å². The predicted molar refractivity (Wildman–Crippen MR) is 97.6 cm³/mol. The summed E-state index contributed by atoms with van der Waals surface area (Å²) < 4.78 is 5.49. The van der Waals surface area contributed by atoms with Gasteiger partial charge < -0.3 is 20.1 Å². The van der Waals surface area contributed by atoms with E-state index < -0.39 is 0 Å². The molecule has 2 aromatic carbocycles. The topological polar surface area (TPSA) is 74.3 Å². The Balaban J connectivity index is 1.64. The molecule has 0 unspecified atom stereocenters. The molecule has 0 atom stereocenters. The van der Waals surface area contributed by atoms with Crippen molar-refractivity contribution in [1.82, 2.24) is 10.3 Å². The fraction of sp³-hybridized carbons (Fsp3) is 0.250. The number of H-pyrrole nitrogens is 1. The zero-order chi connectivity index (χ0) is 17.6. The number of carbonyl (C=O) groups excluding carboxylic acids is 1. The summed E-state index contributed by atoms with van der Waals surface area (Å²) in [6.45, 7) is 2.63. The molecule has 1 heterocycles. The average molecular weight is 338 g/mol. The highest BCUT2D eigenvalue weighted by Gasteiger charge is 2.11. The van der Waals surface area contributed by atoms with E-state index in [0.29, 0.717) is 18.7 Å². The minimum Gasteiger partial charge on any atom is -0.491 e. The molecule has 0 saturated carbocycles. The van der Waals surface area contributed by atoms with E-state index >= 15 is 0 Å². The lowest BCUT2D eigenvalue weighted by Gasteiger charge is -2.11. The lowest BCUT2D eigenvalue weighted by atomic mass is 10.1. The molecule has 1 amide bonds. The van der Waals surface area contributed by atoms with Crippen LogP contribution in [0.15, 0.2) is 48.7 Å². The van der Waals surface area contributed by atoms with Gasteiger partial charge in [0.2, 0.25) is 5.91 Å². The predicted octanol–water partition coefficient (Wildman–Crippen LogP) is 2.71. The monoisotopic (exact) mass is 338 g/mol. The van der Waals surface area contributed by atoms with Crippen molar-refractivity contribution >= 4 is 16.8 Å². The molecule has 0 saturated heterocycles. The van der Waals surface area contributed by atoms with Crippen LogP contribution in [0.4, 0.5) is 0 Å². The molecule has 3 N–H and O–H groups in total. The molecule has 130 valence electrons. The quantitative estimate of drug-likeness (QED) is 0.620. The van der Waals surface area contributed by atoms with E-state index in [1.165, 1.54) is 5.56 Å². The first-order valence-electron chi connectivity index (χ1n) is 8.33. The van der Waals surface area contributed by atoms with Crippen LogP contribution in [0.25, 0.3) is 10.9 Å². The van der Waals surface area contributed by atoms with Crippen LogP contribution in [0, 0.1) is 6.92 Å². The van der Waals surface area contributed by atoms with Gasteiger partial charge in [-0.1, -0.05) is 36.4 Å². The summed E-state index contributed by atoms with van der Waals surface area (Å²) in [6.07, 6.45) is 2.22. The molecule has 0 spiro atoms. The van der Waals surface area contributed by atoms with Crippen LogP contribution < -0.4 is 10.1 Å². The van der Waals surface area contributed by atoms with E-state index in [4.69, 9.17) is 9.84 Å². The van der Waals surface area contributed by atoms with Crippen LogP contribution in [0.1, 0.15) is 16.7 Å². The number of aliphatic hydroxyl groups excluding tert-OH is 1. The van der Waals surface area contributed by atoms with E-state index in [1.807, 2.05) is 55.6 Å². The highest BCUT2D eigenvalue weighted by Crippen LogP contribution is 2.22. The van der Waals surface area contributed by atoms with Crippen molar-refractivity contribution < 1.29 is 14.6 Å². The summed E-state index contributed by atoms with van der Waals surface area (Å²) in [6, 6.07) is 13.6. The van der Waals surface area contributed by atoms with Crippen molar-refractivity contribution in [1.29, 1.82) is 0 Å². The number of benzene rings is 2. The summed E-state index contributed by atoms with van der Waals surface area (Å²) in [4.78, 5) is 15.6. The van der Waals surface area contributed by atoms with Crippen molar-refractivity contribution in [2.45, 2.75) is 19.9 Å². The Morgan fingerprint density at radius 1 is 1.16 bits per heavy atom. The number of ether oxygens (including phenoxy) is 1. The summed E-state index contributed by atoms with van der Waals surface area (Å²) in [5.41, 5.74) is 4.12. The fourth-order valence-corrected chi connectivity index (χ4v) is 2.89. The Kier molecular flexibility index (Phi) is 5.36. The smallest absolute Gasteiger partial charge is 0.224 e. The van der Waals surface area contributed by atoms with Crippen molar-refractivity contribution in [2.75, 3.05) is 13.2 Å². The van der Waals surface area contributed by atoms with Crippen LogP contribution >= 0.6 is 0 Å². The van der Waals surface area contributed by atoms with Gasteiger partial charge in [-0.25, -0.2) is 0 Å². The fourth-order valence-electron chi connectivity index (χ4n) is 2.89. The summed E-state index contributed by atoms with van der Waals surface area (Å²) in [7, 11) is 0. The Hall–Kier alpha value is -2.79. The number of carbonyl (C=O) groups is 1. The minimum absolute atomic E-state index is 0.0410. The number of amides is 1. The molecule has 0 aliphatic rings. The number of aromatic nitrogens is 1. The van der Waals surface area contributed by atoms with Crippen molar-refractivity contribution in [3.8, 4) is 5.75 Å². The number of rotatable bonds is 7. The number of aliphatic hydroxyl groups is 1. The summed E-state index contributed by atoms with van der Waals surface area (Å²) >= 11 is 0. The Morgan fingerprint density at radius 3 is 2.84 bits per heavy atom. The first-order chi connectivity index (χ1) is 12.2. The van der Waals surface area contributed by atoms with Gasteiger partial charge in [0.1, 0.15) is 12.4 Å². The first-order valence-corrected chi connectivity index (χ1v) is 8.33. The number of hydrogen-bond donors (Lipinski definition) is 3. The second kappa shape index (κ2) is 7.85. The zero-order valence-corrected chi connectivity index (χ0v) is 14.2. The van der Waals surface area contributed by atoms with Gasteiger partial charge in [-0.05, 0) is 24.1 Å². The van der Waals surface area contributed by atoms with Gasteiger partial charge in [0.05, 0.1) is 13.0 Å². The molecule has 3 aromatic rings. The molecule has 0 aliphatic heterocycles. The van der Waals surface area contributed by atoms with Gasteiger partial charge in [0, 0.05) is 29.2 Å². The molecule has 25 heavy (non-hydrogen) atoms. The van der Waals surface area contributed by atoms with Gasteiger partial charge in [0.15, 0.2) is 0 Å². The van der Waals surface area contributed by atoms with Gasteiger partial charge in [0.25, 0.3) is 0 Å². The van der Waals surface area contributed by atoms with E-state index in [9.17, 15) is 4.79 Å². The van der Waals surface area contributed by atoms with Crippen LogP contribution in [-0.2, 0) is 17.8 Å². The Bertz CT molecular complexity index is 870. The van der Waals surface area contributed by atoms with E-state index in [2.05, 4.69) is 10.3 Å². The molecule has 0 aliphatic carbocycles. The number of nitrogens with one attached hydrogen (secondary N) is 2. The second-order valence-corrected chi connectivity index (χ2v) is 5.94. The highest BCUT2D eigenvalue weighted by atomic mass is 16.5. The maximum absolute atomic E-state index is 12.3. The van der Waals surface area contributed by atoms with Crippen molar-refractivity contribution in [3.05, 3.63) is 65.4 Å². The van der Waals surface area contributed by atoms with Crippen molar-refractivity contribution in [3.63, 3.8) is 0 Å². The second-order valence-electron chi connectivity index (χ2n) is 5.94. The van der Waals surface area contributed by atoms with Crippen LogP contribution in [0.2, 0.25) is 0 Å².